The van der Waals surface area contributed by atoms with Crippen molar-refractivity contribution in [1.82, 2.24) is 20.2 Å². The molecule has 2 aromatic heterocycles. The highest BCUT2D eigenvalue weighted by atomic mass is 16.5. The van der Waals surface area contributed by atoms with Gasteiger partial charge in [-0.25, -0.2) is 4.98 Å². The van der Waals surface area contributed by atoms with Gasteiger partial charge in [0.05, 0.1) is 12.0 Å². The Morgan fingerprint density at radius 1 is 1.28 bits per heavy atom. The zero-order valence-corrected chi connectivity index (χ0v) is 14.1. The summed E-state index contributed by atoms with van der Waals surface area (Å²) in [7, 11) is 0. The molecule has 25 heavy (non-hydrogen) atoms. The summed E-state index contributed by atoms with van der Waals surface area (Å²) >= 11 is 0. The third-order valence-corrected chi connectivity index (χ3v) is 5.32. The largest absolute Gasteiger partial charge is 0.477 e. The molecule has 0 aliphatic carbocycles. The van der Waals surface area contributed by atoms with Crippen molar-refractivity contribution in [2.24, 2.45) is 11.3 Å². The van der Waals surface area contributed by atoms with Crippen LogP contribution < -0.4 is 10.1 Å². The highest BCUT2D eigenvalue weighted by molar-refractivity contribution is 5.86. The number of likely N-dealkylation sites (tertiary alicyclic amines) is 1. The number of rotatable bonds is 5. The van der Waals surface area contributed by atoms with E-state index in [0.717, 1.165) is 26.1 Å². The molecule has 2 aliphatic rings. The fourth-order valence-corrected chi connectivity index (χ4v) is 3.93. The van der Waals surface area contributed by atoms with Gasteiger partial charge in [-0.2, -0.15) is 0 Å². The van der Waals surface area contributed by atoms with E-state index in [0.29, 0.717) is 19.0 Å². The predicted octanol–water partition coefficient (Wildman–Crippen LogP) is 1.49. The summed E-state index contributed by atoms with van der Waals surface area (Å²) in [5.74, 6) is 0.943. The van der Waals surface area contributed by atoms with Crippen LogP contribution in [0.3, 0.4) is 0 Å². The normalized spacial score (nSPS) is 26.1. The average Bonchev–Trinajstić information content (AvgIpc) is 3.20. The van der Waals surface area contributed by atoms with Gasteiger partial charge in [-0.05, 0) is 30.7 Å². The quantitative estimate of drug-likeness (QED) is 0.895. The standard InChI is InChI=1S/C19H22N4O2/c24-18-19(6-9-23(14-19)12-15-4-3-7-20-10-15)16(11-22-18)13-25-17-5-1-2-8-21-17/h1-5,7-8,10,16H,6,9,11-14H2,(H,22,24)/t16-,19-/m0/s1. The molecular formula is C19H22N4O2. The zero-order chi connectivity index (χ0) is 17.1. The van der Waals surface area contributed by atoms with E-state index in [1.807, 2.05) is 30.5 Å². The van der Waals surface area contributed by atoms with Crippen LogP contribution in [-0.2, 0) is 11.3 Å². The first-order chi connectivity index (χ1) is 12.3. The maximum absolute atomic E-state index is 12.6. The summed E-state index contributed by atoms with van der Waals surface area (Å²) in [4.78, 5) is 23.3. The molecule has 6 heteroatoms. The molecule has 0 radical (unpaired) electrons. The van der Waals surface area contributed by atoms with E-state index in [9.17, 15) is 4.79 Å². The Labute approximate surface area is 147 Å². The lowest BCUT2D eigenvalue weighted by atomic mass is 9.77. The molecule has 4 heterocycles. The molecule has 6 nitrogen and oxygen atoms in total. The second-order valence-electron chi connectivity index (χ2n) is 6.86. The number of nitrogens with zero attached hydrogens (tertiary/aromatic N) is 3. The molecular weight excluding hydrogens is 316 g/mol. The summed E-state index contributed by atoms with van der Waals surface area (Å²) < 4.78 is 5.85. The van der Waals surface area contributed by atoms with E-state index in [2.05, 4.69) is 26.3 Å². The summed E-state index contributed by atoms with van der Waals surface area (Å²) in [6.07, 6.45) is 6.26. The molecule has 4 rings (SSSR count). The van der Waals surface area contributed by atoms with Crippen LogP contribution in [0.1, 0.15) is 12.0 Å². The number of carbonyl (C=O) groups excluding carboxylic acids is 1. The first-order valence-corrected chi connectivity index (χ1v) is 8.70. The maximum Gasteiger partial charge on any atom is 0.228 e. The van der Waals surface area contributed by atoms with E-state index >= 15 is 0 Å². The molecule has 0 saturated carbocycles. The van der Waals surface area contributed by atoms with Crippen molar-refractivity contribution in [2.75, 3.05) is 26.2 Å². The number of nitrogens with one attached hydrogen (secondary N) is 1. The van der Waals surface area contributed by atoms with Gasteiger partial charge < -0.3 is 10.1 Å². The Morgan fingerprint density at radius 3 is 3.04 bits per heavy atom. The molecule has 130 valence electrons. The van der Waals surface area contributed by atoms with Gasteiger partial charge in [0.25, 0.3) is 0 Å². The summed E-state index contributed by atoms with van der Waals surface area (Å²) in [6, 6.07) is 9.64. The number of amides is 1. The minimum atomic E-state index is -0.350. The zero-order valence-electron chi connectivity index (χ0n) is 14.1. The SMILES string of the molecule is O=C1NC[C@@H](COc2ccccn2)[C@@]12CCN(Cc1cccnc1)C2. The van der Waals surface area contributed by atoms with Crippen molar-refractivity contribution >= 4 is 5.91 Å². The highest BCUT2D eigenvalue weighted by Crippen LogP contribution is 2.42. The summed E-state index contributed by atoms with van der Waals surface area (Å²) in [5.41, 5.74) is 0.830. The first-order valence-electron chi connectivity index (χ1n) is 8.70. The van der Waals surface area contributed by atoms with Gasteiger partial charge in [-0.15, -0.1) is 0 Å². The van der Waals surface area contributed by atoms with E-state index < -0.39 is 0 Å². The second-order valence-corrected chi connectivity index (χ2v) is 6.86. The van der Waals surface area contributed by atoms with E-state index in [1.54, 1.807) is 12.4 Å². The maximum atomic E-state index is 12.6. The fourth-order valence-electron chi connectivity index (χ4n) is 3.93. The smallest absolute Gasteiger partial charge is 0.228 e. The minimum absolute atomic E-state index is 0.163. The Kier molecular flexibility index (Phi) is 4.36. The van der Waals surface area contributed by atoms with Crippen molar-refractivity contribution in [3.63, 3.8) is 0 Å². The van der Waals surface area contributed by atoms with Gasteiger partial charge in [0, 0.05) is 50.2 Å². The van der Waals surface area contributed by atoms with Crippen LogP contribution in [0.5, 0.6) is 5.88 Å². The van der Waals surface area contributed by atoms with Crippen LogP contribution in [0, 0.1) is 11.3 Å². The van der Waals surface area contributed by atoms with Crippen LogP contribution in [0.4, 0.5) is 0 Å². The molecule has 2 fully saturated rings. The molecule has 0 aromatic carbocycles. The third-order valence-electron chi connectivity index (χ3n) is 5.32. The molecule has 2 atom stereocenters. The van der Waals surface area contributed by atoms with Gasteiger partial charge in [0.2, 0.25) is 11.8 Å². The van der Waals surface area contributed by atoms with Crippen molar-refractivity contribution in [1.29, 1.82) is 0 Å². The third kappa shape index (κ3) is 3.22. The lowest BCUT2D eigenvalue weighted by Gasteiger charge is -2.28. The van der Waals surface area contributed by atoms with Gasteiger partial charge >= 0.3 is 0 Å². The summed E-state index contributed by atoms with van der Waals surface area (Å²) in [6.45, 7) is 3.70. The van der Waals surface area contributed by atoms with E-state index in [-0.39, 0.29) is 17.2 Å². The Hall–Kier alpha value is -2.47. The van der Waals surface area contributed by atoms with Crippen LogP contribution in [-0.4, -0.2) is 47.0 Å². The van der Waals surface area contributed by atoms with Gasteiger partial charge in [0.1, 0.15) is 0 Å². The lowest BCUT2D eigenvalue weighted by molar-refractivity contribution is -0.128. The van der Waals surface area contributed by atoms with Crippen LogP contribution >= 0.6 is 0 Å². The van der Waals surface area contributed by atoms with Crippen molar-refractivity contribution in [3.8, 4) is 5.88 Å². The number of carbonyl (C=O) groups is 1. The van der Waals surface area contributed by atoms with Crippen molar-refractivity contribution in [2.45, 2.75) is 13.0 Å². The molecule has 1 spiro atoms. The lowest BCUT2D eigenvalue weighted by Crippen LogP contribution is -2.40. The number of aromatic nitrogens is 2. The fraction of sp³-hybridized carbons (Fsp3) is 0.421. The Balaban J connectivity index is 1.42. The monoisotopic (exact) mass is 338 g/mol. The molecule has 1 amide bonds. The van der Waals surface area contributed by atoms with Crippen LogP contribution in [0.15, 0.2) is 48.9 Å². The Bertz CT molecular complexity index is 725. The number of pyridine rings is 2. The van der Waals surface area contributed by atoms with E-state index in [4.69, 9.17) is 4.74 Å². The van der Waals surface area contributed by atoms with Gasteiger partial charge in [-0.3, -0.25) is 14.7 Å². The van der Waals surface area contributed by atoms with Gasteiger partial charge in [-0.1, -0.05) is 12.1 Å². The van der Waals surface area contributed by atoms with Crippen molar-refractivity contribution < 1.29 is 9.53 Å². The number of hydrogen-bond donors (Lipinski definition) is 1. The number of hydrogen-bond acceptors (Lipinski definition) is 5. The highest BCUT2D eigenvalue weighted by Gasteiger charge is 2.54. The minimum Gasteiger partial charge on any atom is -0.477 e. The second kappa shape index (κ2) is 6.80. The van der Waals surface area contributed by atoms with Crippen LogP contribution in [0.25, 0.3) is 0 Å². The topological polar surface area (TPSA) is 67.3 Å². The molecule has 1 N–H and O–H groups in total. The molecule has 2 saturated heterocycles. The molecule has 2 aliphatic heterocycles. The first kappa shape index (κ1) is 16.0. The summed E-state index contributed by atoms with van der Waals surface area (Å²) in [5, 5.41) is 3.04. The Morgan fingerprint density at radius 2 is 2.24 bits per heavy atom. The van der Waals surface area contributed by atoms with Gasteiger partial charge in [0.15, 0.2) is 0 Å². The predicted molar refractivity (Wildman–Crippen MR) is 92.8 cm³/mol. The van der Waals surface area contributed by atoms with Crippen molar-refractivity contribution in [3.05, 3.63) is 54.5 Å². The molecule has 2 aromatic rings. The van der Waals surface area contributed by atoms with Crippen LogP contribution in [0.2, 0.25) is 0 Å². The average molecular weight is 338 g/mol. The molecule has 0 unspecified atom stereocenters. The molecule has 0 bridgehead atoms. The van der Waals surface area contributed by atoms with E-state index in [1.165, 1.54) is 5.56 Å². The number of ether oxygens (including phenoxy) is 1.